The number of imide groups is 1. The number of nitrogens with one attached hydrogen (secondary N) is 1. The molecule has 2 heterocycles. The SMILES string of the molecule is CCOc1ccccc1C=C1SC(=O)N(CC(=O)Nc2ccc3c(c2)OCO3)C1=O. The number of hydrogen-bond acceptors (Lipinski definition) is 7. The summed E-state index contributed by atoms with van der Waals surface area (Å²) in [6.45, 7) is 2.08. The average Bonchev–Trinajstić information content (AvgIpc) is 3.29. The van der Waals surface area contributed by atoms with Gasteiger partial charge in [0, 0.05) is 17.3 Å². The molecule has 0 atom stereocenters. The molecule has 4 rings (SSSR count). The monoisotopic (exact) mass is 426 g/mol. The van der Waals surface area contributed by atoms with Crippen LogP contribution in [0.3, 0.4) is 0 Å². The molecule has 1 fully saturated rings. The van der Waals surface area contributed by atoms with Gasteiger partial charge in [0.25, 0.3) is 11.1 Å². The third kappa shape index (κ3) is 4.11. The number of fused-ring (bicyclic) bond motifs is 1. The van der Waals surface area contributed by atoms with E-state index in [4.69, 9.17) is 14.2 Å². The first kappa shape index (κ1) is 19.8. The largest absolute Gasteiger partial charge is 0.493 e. The molecule has 154 valence electrons. The number of ether oxygens (including phenoxy) is 3. The zero-order chi connectivity index (χ0) is 21.1. The Balaban J connectivity index is 1.45. The van der Waals surface area contributed by atoms with Gasteiger partial charge in [-0.2, -0.15) is 0 Å². The Morgan fingerprint density at radius 2 is 2.00 bits per heavy atom. The lowest BCUT2D eigenvalue weighted by Gasteiger charge is -2.12. The molecule has 1 saturated heterocycles. The quantitative estimate of drug-likeness (QED) is 0.707. The van der Waals surface area contributed by atoms with Crippen molar-refractivity contribution in [2.24, 2.45) is 0 Å². The molecular formula is C21H18N2O6S. The Bertz CT molecular complexity index is 1050. The minimum atomic E-state index is -0.517. The predicted octanol–water partition coefficient (Wildman–Crippen LogP) is 3.49. The van der Waals surface area contributed by atoms with Gasteiger partial charge in [0.2, 0.25) is 12.7 Å². The summed E-state index contributed by atoms with van der Waals surface area (Å²) in [7, 11) is 0. The molecule has 0 saturated carbocycles. The number of rotatable bonds is 6. The molecule has 0 bridgehead atoms. The summed E-state index contributed by atoms with van der Waals surface area (Å²) in [5, 5.41) is 2.16. The van der Waals surface area contributed by atoms with Gasteiger partial charge in [0.05, 0.1) is 11.5 Å². The highest BCUT2D eigenvalue weighted by Gasteiger charge is 2.36. The van der Waals surface area contributed by atoms with Gasteiger partial charge in [-0.1, -0.05) is 18.2 Å². The van der Waals surface area contributed by atoms with Gasteiger partial charge in [-0.3, -0.25) is 19.3 Å². The lowest BCUT2D eigenvalue weighted by atomic mass is 10.2. The minimum Gasteiger partial charge on any atom is -0.493 e. The predicted molar refractivity (Wildman–Crippen MR) is 111 cm³/mol. The van der Waals surface area contributed by atoms with Crippen LogP contribution in [-0.2, 0) is 9.59 Å². The van der Waals surface area contributed by atoms with Gasteiger partial charge in [-0.25, -0.2) is 0 Å². The highest BCUT2D eigenvalue weighted by Crippen LogP contribution is 2.35. The Labute approximate surface area is 176 Å². The molecule has 2 aliphatic rings. The van der Waals surface area contributed by atoms with Crippen LogP contribution in [0.1, 0.15) is 12.5 Å². The lowest BCUT2D eigenvalue weighted by molar-refractivity contribution is -0.127. The summed E-state index contributed by atoms with van der Waals surface area (Å²) in [4.78, 5) is 38.5. The lowest BCUT2D eigenvalue weighted by Crippen LogP contribution is -2.36. The van der Waals surface area contributed by atoms with E-state index in [0.717, 1.165) is 16.7 Å². The summed E-state index contributed by atoms with van der Waals surface area (Å²) in [6, 6.07) is 12.2. The molecule has 0 aromatic heterocycles. The molecule has 1 N–H and O–H groups in total. The number of thioether (sulfide) groups is 1. The molecular weight excluding hydrogens is 408 g/mol. The molecule has 0 aliphatic carbocycles. The highest BCUT2D eigenvalue weighted by molar-refractivity contribution is 8.18. The van der Waals surface area contributed by atoms with Gasteiger partial charge in [0.15, 0.2) is 11.5 Å². The number of nitrogens with zero attached hydrogens (tertiary/aromatic N) is 1. The molecule has 0 unspecified atom stereocenters. The van der Waals surface area contributed by atoms with Gasteiger partial charge < -0.3 is 19.5 Å². The summed E-state index contributed by atoms with van der Waals surface area (Å²) < 4.78 is 16.1. The van der Waals surface area contributed by atoms with Crippen LogP contribution in [0, 0.1) is 0 Å². The Morgan fingerprint density at radius 1 is 1.20 bits per heavy atom. The third-order valence-electron chi connectivity index (χ3n) is 4.34. The Morgan fingerprint density at radius 3 is 2.83 bits per heavy atom. The number of anilines is 1. The van der Waals surface area contributed by atoms with Gasteiger partial charge in [0.1, 0.15) is 12.3 Å². The van der Waals surface area contributed by atoms with Crippen molar-refractivity contribution in [2.75, 3.05) is 25.3 Å². The fourth-order valence-electron chi connectivity index (χ4n) is 2.98. The van der Waals surface area contributed by atoms with Crippen LogP contribution in [0.5, 0.6) is 17.2 Å². The first-order valence-electron chi connectivity index (χ1n) is 9.22. The summed E-state index contributed by atoms with van der Waals surface area (Å²) in [5.74, 6) is 0.725. The first-order chi connectivity index (χ1) is 14.5. The first-order valence-corrected chi connectivity index (χ1v) is 10.0. The van der Waals surface area contributed by atoms with Crippen molar-refractivity contribution in [3.63, 3.8) is 0 Å². The molecule has 2 aromatic carbocycles. The van der Waals surface area contributed by atoms with Gasteiger partial charge >= 0.3 is 0 Å². The van der Waals surface area contributed by atoms with Crippen molar-refractivity contribution in [3.8, 4) is 17.2 Å². The Kier molecular flexibility index (Phi) is 5.62. The normalized spacial score (nSPS) is 16.3. The van der Waals surface area contributed by atoms with Gasteiger partial charge in [-0.15, -0.1) is 0 Å². The maximum atomic E-state index is 12.7. The van der Waals surface area contributed by atoms with Crippen LogP contribution in [0.25, 0.3) is 6.08 Å². The smallest absolute Gasteiger partial charge is 0.294 e. The molecule has 0 spiro atoms. The van der Waals surface area contributed by atoms with Crippen molar-refractivity contribution in [1.29, 1.82) is 0 Å². The van der Waals surface area contributed by atoms with Crippen molar-refractivity contribution in [3.05, 3.63) is 52.9 Å². The molecule has 2 aliphatic heterocycles. The maximum Gasteiger partial charge on any atom is 0.294 e. The van der Waals surface area contributed by atoms with E-state index in [-0.39, 0.29) is 18.2 Å². The van der Waals surface area contributed by atoms with Crippen molar-refractivity contribution in [2.45, 2.75) is 6.92 Å². The number of benzene rings is 2. The van der Waals surface area contributed by atoms with Crippen molar-refractivity contribution < 1.29 is 28.6 Å². The topological polar surface area (TPSA) is 94.2 Å². The number of para-hydroxylation sites is 1. The van der Waals surface area contributed by atoms with Crippen molar-refractivity contribution >= 4 is 40.6 Å². The van der Waals surface area contributed by atoms with E-state index in [2.05, 4.69) is 5.32 Å². The molecule has 9 heteroatoms. The highest BCUT2D eigenvalue weighted by atomic mass is 32.2. The number of amides is 3. The summed E-state index contributed by atoms with van der Waals surface area (Å²) >= 11 is 0.794. The number of carbonyl (C=O) groups excluding carboxylic acids is 3. The number of carbonyl (C=O) groups is 3. The second-order valence-electron chi connectivity index (χ2n) is 6.35. The van der Waals surface area contributed by atoms with E-state index in [1.54, 1.807) is 36.4 Å². The fourth-order valence-corrected chi connectivity index (χ4v) is 3.81. The standard InChI is InChI=1S/C21H18N2O6S/c1-2-27-15-6-4-3-5-13(15)9-18-20(25)23(21(26)30-18)11-19(24)22-14-7-8-16-17(10-14)29-12-28-16/h3-10H,2,11-12H2,1H3,(H,22,24). The van der Waals surface area contributed by atoms with Crippen LogP contribution >= 0.6 is 11.8 Å². The van der Waals surface area contributed by atoms with E-state index < -0.39 is 17.1 Å². The van der Waals surface area contributed by atoms with Crippen LogP contribution in [-0.4, -0.2) is 41.9 Å². The van der Waals surface area contributed by atoms with Crippen molar-refractivity contribution in [1.82, 2.24) is 4.90 Å². The van der Waals surface area contributed by atoms with Crippen LogP contribution in [0.15, 0.2) is 47.4 Å². The average molecular weight is 426 g/mol. The molecule has 30 heavy (non-hydrogen) atoms. The van der Waals surface area contributed by atoms with E-state index in [9.17, 15) is 14.4 Å². The molecule has 8 nitrogen and oxygen atoms in total. The van der Waals surface area contributed by atoms with Gasteiger partial charge in [-0.05, 0) is 43.0 Å². The van der Waals surface area contributed by atoms with E-state index in [0.29, 0.717) is 35.1 Å². The second kappa shape index (κ2) is 8.50. The summed E-state index contributed by atoms with van der Waals surface area (Å²) in [5.41, 5.74) is 1.17. The molecule has 3 amide bonds. The van der Waals surface area contributed by atoms with E-state index in [1.807, 2.05) is 19.1 Å². The van der Waals surface area contributed by atoms with E-state index in [1.165, 1.54) is 0 Å². The van der Waals surface area contributed by atoms with Crippen LogP contribution in [0.2, 0.25) is 0 Å². The molecule has 0 radical (unpaired) electrons. The molecule has 2 aromatic rings. The van der Waals surface area contributed by atoms with Crippen LogP contribution in [0.4, 0.5) is 10.5 Å². The number of hydrogen-bond donors (Lipinski definition) is 1. The summed E-state index contributed by atoms with van der Waals surface area (Å²) in [6.07, 6.45) is 1.60. The fraction of sp³-hybridized carbons (Fsp3) is 0.190. The maximum absolute atomic E-state index is 12.7. The second-order valence-corrected chi connectivity index (χ2v) is 7.35. The zero-order valence-electron chi connectivity index (χ0n) is 16.0. The third-order valence-corrected chi connectivity index (χ3v) is 5.24. The van der Waals surface area contributed by atoms with E-state index >= 15 is 0 Å². The minimum absolute atomic E-state index is 0.127. The Hall–Kier alpha value is -3.46. The van der Waals surface area contributed by atoms with Crippen LogP contribution < -0.4 is 19.5 Å². The zero-order valence-corrected chi connectivity index (χ0v) is 16.9.